The first kappa shape index (κ1) is 20.7. The summed E-state index contributed by atoms with van der Waals surface area (Å²) in [6.07, 6.45) is -1.04. The summed E-state index contributed by atoms with van der Waals surface area (Å²) in [6.45, 7) is 0.144. The van der Waals surface area contributed by atoms with Crippen molar-refractivity contribution in [1.29, 1.82) is 0 Å². The van der Waals surface area contributed by atoms with E-state index in [1.54, 1.807) is 6.07 Å². The number of rotatable bonds is 6. The summed E-state index contributed by atoms with van der Waals surface area (Å²) in [5.41, 5.74) is 4.48. The largest absolute Gasteiger partial charge is 0.481 e. The zero-order chi connectivity index (χ0) is 21.3. The van der Waals surface area contributed by atoms with Gasteiger partial charge in [-0.05, 0) is 60.2 Å². The van der Waals surface area contributed by atoms with Crippen molar-refractivity contribution in [3.05, 3.63) is 80.6 Å². The minimum absolute atomic E-state index is 0.0759. The molecule has 0 radical (unpaired) electrons. The Morgan fingerprint density at radius 1 is 1.07 bits per heavy atom. The zero-order valence-electron chi connectivity index (χ0n) is 15.6. The van der Waals surface area contributed by atoms with Crippen molar-refractivity contribution in [2.75, 3.05) is 6.61 Å². The van der Waals surface area contributed by atoms with Crippen LogP contribution in [0.15, 0.2) is 68.2 Å². The molecule has 3 aromatic rings. The average molecular weight is 535 g/mol. The highest BCUT2D eigenvalue weighted by Gasteiger charge is 2.30. The SMILES string of the molecule is O=C(O)C[C@@H](NC(=O)OCC1c2ccccc2-c2ccccc21)c1cc(Br)c(Br)o1. The van der Waals surface area contributed by atoms with Crippen LogP contribution in [0.3, 0.4) is 0 Å². The van der Waals surface area contributed by atoms with Crippen LogP contribution in [0.2, 0.25) is 0 Å². The predicted octanol–water partition coefficient (Wildman–Crippen LogP) is 5.86. The lowest BCUT2D eigenvalue weighted by atomic mass is 9.98. The Bertz CT molecular complexity index is 1050. The second-order valence-corrected chi connectivity index (χ2v) is 8.47. The molecule has 1 aromatic heterocycles. The number of aliphatic carboxylic acids is 1. The van der Waals surface area contributed by atoms with Gasteiger partial charge in [-0.3, -0.25) is 4.79 Å². The maximum absolute atomic E-state index is 12.5. The van der Waals surface area contributed by atoms with E-state index in [2.05, 4.69) is 49.3 Å². The fraction of sp³-hybridized carbons (Fsp3) is 0.182. The number of amides is 1. The number of alkyl carbamates (subject to hydrolysis) is 1. The monoisotopic (exact) mass is 533 g/mol. The van der Waals surface area contributed by atoms with Gasteiger partial charge in [0.25, 0.3) is 0 Å². The van der Waals surface area contributed by atoms with E-state index in [0.717, 1.165) is 22.3 Å². The van der Waals surface area contributed by atoms with Crippen LogP contribution in [-0.2, 0) is 9.53 Å². The Labute approximate surface area is 189 Å². The first-order valence-electron chi connectivity index (χ1n) is 9.22. The molecular weight excluding hydrogens is 518 g/mol. The summed E-state index contributed by atoms with van der Waals surface area (Å²) in [6, 6.07) is 16.8. The predicted molar refractivity (Wildman–Crippen MR) is 117 cm³/mol. The Balaban J connectivity index is 1.48. The molecule has 1 atom stereocenters. The number of benzene rings is 2. The molecule has 8 heteroatoms. The van der Waals surface area contributed by atoms with Gasteiger partial charge < -0.3 is 19.6 Å². The number of ether oxygens (including phenoxy) is 1. The fourth-order valence-electron chi connectivity index (χ4n) is 3.71. The highest BCUT2D eigenvalue weighted by molar-refractivity contribution is 9.13. The van der Waals surface area contributed by atoms with Crippen molar-refractivity contribution in [3.63, 3.8) is 0 Å². The molecule has 0 unspecified atom stereocenters. The number of furan rings is 1. The number of carboxylic acids is 1. The van der Waals surface area contributed by atoms with E-state index in [-0.39, 0.29) is 18.9 Å². The lowest BCUT2D eigenvalue weighted by molar-refractivity contribution is -0.137. The van der Waals surface area contributed by atoms with E-state index >= 15 is 0 Å². The fourth-order valence-corrected chi connectivity index (χ4v) is 4.32. The topological polar surface area (TPSA) is 88.8 Å². The number of fused-ring (bicyclic) bond motifs is 3. The number of hydrogen-bond acceptors (Lipinski definition) is 4. The standard InChI is InChI=1S/C22H17Br2NO5/c23-17-9-19(30-21(17)24)18(10-20(26)27)25-22(28)29-11-16-14-7-3-1-5-12(14)13-6-2-4-8-15(13)16/h1-9,16,18H,10-11H2,(H,25,28)(H,26,27)/t18-/m1/s1. The van der Waals surface area contributed by atoms with Crippen LogP contribution in [0.1, 0.15) is 35.3 Å². The third-order valence-corrected chi connectivity index (χ3v) is 6.73. The van der Waals surface area contributed by atoms with Crippen LogP contribution in [0.4, 0.5) is 4.79 Å². The molecule has 2 N–H and O–H groups in total. The second kappa shape index (κ2) is 8.65. The molecule has 154 valence electrons. The van der Waals surface area contributed by atoms with Crippen LogP contribution >= 0.6 is 31.9 Å². The third kappa shape index (κ3) is 4.15. The van der Waals surface area contributed by atoms with Gasteiger partial charge in [0.2, 0.25) is 0 Å². The van der Waals surface area contributed by atoms with Crippen molar-refractivity contribution in [2.45, 2.75) is 18.4 Å². The van der Waals surface area contributed by atoms with Gasteiger partial charge in [-0.2, -0.15) is 0 Å². The van der Waals surface area contributed by atoms with Crippen LogP contribution in [0.5, 0.6) is 0 Å². The van der Waals surface area contributed by atoms with Gasteiger partial charge in [0.15, 0.2) is 4.67 Å². The highest BCUT2D eigenvalue weighted by Crippen LogP contribution is 2.44. The molecule has 30 heavy (non-hydrogen) atoms. The number of halogens is 2. The number of carboxylic acid groups (broad SMARTS) is 1. The average Bonchev–Trinajstić information content (AvgIpc) is 3.23. The van der Waals surface area contributed by atoms with Gasteiger partial charge in [-0.1, -0.05) is 48.5 Å². The lowest BCUT2D eigenvalue weighted by Crippen LogP contribution is -2.31. The van der Waals surface area contributed by atoms with Gasteiger partial charge in [0.05, 0.1) is 10.9 Å². The van der Waals surface area contributed by atoms with E-state index in [0.29, 0.717) is 14.9 Å². The van der Waals surface area contributed by atoms with E-state index in [1.165, 1.54) is 0 Å². The van der Waals surface area contributed by atoms with E-state index < -0.39 is 18.1 Å². The summed E-state index contributed by atoms with van der Waals surface area (Å²) in [4.78, 5) is 23.7. The summed E-state index contributed by atoms with van der Waals surface area (Å²) < 4.78 is 12.0. The molecular formula is C22H17Br2NO5. The van der Waals surface area contributed by atoms with Crippen molar-refractivity contribution in [3.8, 4) is 11.1 Å². The smallest absolute Gasteiger partial charge is 0.407 e. The third-order valence-electron chi connectivity index (χ3n) is 5.02. The lowest BCUT2D eigenvalue weighted by Gasteiger charge is -2.17. The van der Waals surface area contributed by atoms with E-state index in [1.807, 2.05) is 36.4 Å². The summed E-state index contributed by atoms with van der Waals surface area (Å²) in [7, 11) is 0. The minimum atomic E-state index is -1.07. The second-order valence-electron chi connectivity index (χ2n) is 6.89. The molecule has 4 rings (SSSR count). The number of carbonyl (C=O) groups excluding carboxylic acids is 1. The van der Waals surface area contributed by atoms with Gasteiger partial charge in [-0.25, -0.2) is 4.79 Å². The first-order valence-corrected chi connectivity index (χ1v) is 10.8. The maximum Gasteiger partial charge on any atom is 0.407 e. The molecule has 0 bridgehead atoms. The van der Waals surface area contributed by atoms with Crippen LogP contribution in [0.25, 0.3) is 11.1 Å². The quantitative estimate of drug-likeness (QED) is 0.413. The van der Waals surface area contributed by atoms with Crippen molar-refractivity contribution >= 4 is 43.9 Å². The Kier molecular flexibility index (Phi) is 5.97. The van der Waals surface area contributed by atoms with Crippen LogP contribution < -0.4 is 5.32 Å². The Morgan fingerprint density at radius 3 is 2.20 bits per heavy atom. The number of carbonyl (C=O) groups is 2. The minimum Gasteiger partial charge on any atom is -0.481 e. The molecule has 2 aromatic carbocycles. The molecule has 1 aliphatic rings. The normalized spacial score (nSPS) is 13.4. The van der Waals surface area contributed by atoms with Crippen LogP contribution in [0, 0.1) is 0 Å². The van der Waals surface area contributed by atoms with Crippen molar-refractivity contribution < 1.29 is 23.8 Å². The Morgan fingerprint density at radius 2 is 1.67 bits per heavy atom. The Hall–Kier alpha value is -2.58. The van der Waals surface area contributed by atoms with Gasteiger partial charge in [0.1, 0.15) is 18.4 Å². The van der Waals surface area contributed by atoms with Crippen molar-refractivity contribution in [1.82, 2.24) is 5.32 Å². The van der Waals surface area contributed by atoms with E-state index in [4.69, 9.17) is 9.15 Å². The first-order chi connectivity index (χ1) is 14.4. The maximum atomic E-state index is 12.5. The molecule has 6 nitrogen and oxygen atoms in total. The molecule has 0 saturated heterocycles. The molecule has 0 aliphatic heterocycles. The number of hydrogen-bond donors (Lipinski definition) is 2. The zero-order valence-corrected chi connectivity index (χ0v) is 18.8. The van der Waals surface area contributed by atoms with Gasteiger partial charge in [0, 0.05) is 5.92 Å². The summed E-state index contributed by atoms with van der Waals surface area (Å²) in [5.74, 6) is -0.833. The summed E-state index contributed by atoms with van der Waals surface area (Å²) >= 11 is 6.51. The van der Waals surface area contributed by atoms with Crippen LogP contribution in [-0.4, -0.2) is 23.8 Å². The molecule has 0 fully saturated rings. The summed E-state index contributed by atoms with van der Waals surface area (Å²) in [5, 5.41) is 11.8. The molecule has 1 heterocycles. The molecule has 1 amide bonds. The van der Waals surface area contributed by atoms with E-state index in [9.17, 15) is 14.7 Å². The molecule has 0 saturated carbocycles. The molecule has 1 aliphatic carbocycles. The van der Waals surface area contributed by atoms with Crippen molar-refractivity contribution in [2.24, 2.45) is 0 Å². The number of nitrogens with one attached hydrogen (secondary N) is 1. The van der Waals surface area contributed by atoms with Gasteiger partial charge >= 0.3 is 12.1 Å². The highest BCUT2D eigenvalue weighted by atomic mass is 79.9. The molecule has 0 spiro atoms. The van der Waals surface area contributed by atoms with Gasteiger partial charge in [-0.15, -0.1) is 0 Å².